The lowest BCUT2D eigenvalue weighted by Gasteiger charge is -2.40. The van der Waals surface area contributed by atoms with Gasteiger partial charge in [-0.2, -0.15) is 21.6 Å². The molecule has 0 radical (unpaired) electrons. The van der Waals surface area contributed by atoms with E-state index in [1.165, 1.54) is 11.0 Å². The van der Waals surface area contributed by atoms with Crippen LogP contribution in [0, 0.1) is 11.8 Å². The Morgan fingerprint density at radius 1 is 1.25 bits per heavy atom. The van der Waals surface area contributed by atoms with Crippen LogP contribution in [-0.4, -0.2) is 43.6 Å². The van der Waals surface area contributed by atoms with Gasteiger partial charge in [0.25, 0.3) is 0 Å². The molecule has 1 heterocycles. The Hall–Kier alpha value is -1.45. The summed E-state index contributed by atoms with van der Waals surface area (Å²) in [5.74, 6) is -0.638. The summed E-state index contributed by atoms with van der Waals surface area (Å²) in [4.78, 5) is 13.6. The van der Waals surface area contributed by atoms with Gasteiger partial charge >= 0.3 is 21.7 Å². The van der Waals surface area contributed by atoms with Crippen LogP contribution in [0.5, 0.6) is 0 Å². The van der Waals surface area contributed by atoms with Gasteiger partial charge in [-0.15, -0.1) is 0 Å². The summed E-state index contributed by atoms with van der Waals surface area (Å²) < 4.78 is 68.9. The fourth-order valence-electron chi connectivity index (χ4n) is 2.86. The second-order valence-corrected chi connectivity index (χ2v) is 8.61. The molecule has 1 amide bonds. The molecule has 0 aromatic carbocycles. The summed E-state index contributed by atoms with van der Waals surface area (Å²) in [6.45, 7) is 5.76. The molecule has 6 nitrogen and oxygen atoms in total. The highest BCUT2D eigenvalue weighted by Gasteiger charge is 2.49. The summed E-state index contributed by atoms with van der Waals surface area (Å²) in [5, 5.41) is 0. The van der Waals surface area contributed by atoms with Gasteiger partial charge in [0.2, 0.25) is 0 Å². The molecule has 24 heavy (non-hydrogen) atoms. The number of nitrogens with zero attached hydrogens (tertiary/aromatic N) is 1. The number of amides is 1. The van der Waals surface area contributed by atoms with Gasteiger partial charge in [-0.25, -0.2) is 4.79 Å². The fraction of sp³-hybridized carbons (Fsp3) is 0.786. The highest BCUT2D eigenvalue weighted by atomic mass is 32.2. The zero-order valence-electron chi connectivity index (χ0n) is 13.6. The number of likely N-dealkylation sites (tertiary alicyclic amines) is 1. The van der Waals surface area contributed by atoms with E-state index in [1.54, 1.807) is 20.8 Å². The zero-order chi connectivity index (χ0) is 18.3. The molecule has 0 saturated carbocycles. The van der Waals surface area contributed by atoms with E-state index in [0.29, 0.717) is 6.42 Å². The van der Waals surface area contributed by atoms with Crippen molar-refractivity contribution in [2.24, 2.45) is 11.8 Å². The van der Waals surface area contributed by atoms with Gasteiger partial charge in [-0.05, 0) is 45.1 Å². The molecule has 1 saturated heterocycles. The topological polar surface area (TPSA) is 72.9 Å². The summed E-state index contributed by atoms with van der Waals surface area (Å²) in [5.41, 5.74) is -6.10. The second-order valence-electron chi connectivity index (χ2n) is 7.07. The Bertz CT molecular complexity index is 636. The molecule has 2 rings (SSSR count). The van der Waals surface area contributed by atoms with E-state index in [9.17, 15) is 26.4 Å². The fourth-order valence-corrected chi connectivity index (χ4v) is 3.36. The summed E-state index contributed by atoms with van der Waals surface area (Å²) in [6, 6.07) is 0. The van der Waals surface area contributed by atoms with Crippen molar-refractivity contribution >= 4 is 16.2 Å². The second kappa shape index (κ2) is 6.12. The average molecular weight is 371 g/mol. The quantitative estimate of drug-likeness (QED) is 0.551. The van der Waals surface area contributed by atoms with Gasteiger partial charge < -0.3 is 13.8 Å². The number of alkyl halides is 3. The largest absolute Gasteiger partial charge is 0.534 e. The van der Waals surface area contributed by atoms with Crippen molar-refractivity contribution in [2.75, 3.05) is 13.1 Å². The van der Waals surface area contributed by atoms with Crippen molar-refractivity contribution < 1.29 is 35.3 Å². The molecular weight excluding hydrogens is 351 g/mol. The van der Waals surface area contributed by atoms with Crippen LogP contribution in [0.15, 0.2) is 11.8 Å². The number of allylic oxidation sites excluding steroid dienone is 1. The van der Waals surface area contributed by atoms with E-state index in [1.807, 2.05) is 0 Å². The molecule has 0 unspecified atom stereocenters. The van der Waals surface area contributed by atoms with Crippen molar-refractivity contribution in [3.8, 4) is 0 Å². The molecular formula is C14H20F3NO5S. The number of piperidine rings is 1. The molecule has 0 spiro atoms. The lowest BCUT2D eigenvalue weighted by atomic mass is 9.82. The number of carbonyl (C=O) groups is 1. The number of carbonyl (C=O) groups excluding carboxylic acids is 1. The smallest absolute Gasteiger partial charge is 0.444 e. The monoisotopic (exact) mass is 371 g/mol. The van der Waals surface area contributed by atoms with Crippen LogP contribution in [0.1, 0.15) is 33.6 Å². The molecule has 0 N–H and O–H groups in total. The molecule has 1 aliphatic carbocycles. The molecule has 138 valence electrons. The first-order valence-electron chi connectivity index (χ1n) is 7.46. The summed E-state index contributed by atoms with van der Waals surface area (Å²) >= 11 is 0. The van der Waals surface area contributed by atoms with Gasteiger partial charge in [0.1, 0.15) is 11.4 Å². The van der Waals surface area contributed by atoms with E-state index < -0.39 is 27.3 Å². The van der Waals surface area contributed by atoms with Gasteiger partial charge in [0.15, 0.2) is 0 Å². The van der Waals surface area contributed by atoms with Crippen LogP contribution < -0.4 is 0 Å². The third-order valence-electron chi connectivity index (χ3n) is 3.63. The number of rotatable bonds is 2. The van der Waals surface area contributed by atoms with Crippen molar-refractivity contribution in [1.29, 1.82) is 0 Å². The number of ether oxygens (including phenoxy) is 1. The first-order valence-corrected chi connectivity index (χ1v) is 8.87. The standard InChI is InChI=1S/C14H20F3NO5S/c1-13(2,3)22-12(19)18-7-9-4-10(8-18)6-11(5-9)23-24(20,21)14(15,16)17/h5,9-10H,4,6-8H2,1-3H3/t9-,10+/m1/s1. The first-order chi connectivity index (χ1) is 10.8. The minimum atomic E-state index is -5.66. The Labute approximate surface area is 138 Å². The van der Waals surface area contributed by atoms with Gasteiger partial charge in [-0.3, -0.25) is 0 Å². The van der Waals surface area contributed by atoms with Crippen molar-refractivity contribution in [1.82, 2.24) is 4.90 Å². The maximum Gasteiger partial charge on any atom is 0.534 e. The van der Waals surface area contributed by atoms with E-state index in [2.05, 4.69) is 4.18 Å². The van der Waals surface area contributed by atoms with E-state index >= 15 is 0 Å². The predicted octanol–water partition coefficient (Wildman–Crippen LogP) is 3.01. The summed E-state index contributed by atoms with van der Waals surface area (Å²) in [6.07, 6.45) is 1.57. The van der Waals surface area contributed by atoms with Crippen LogP contribution >= 0.6 is 0 Å². The number of fused-ring (bicyclic) bond motifs is 2. The lowest BCUT2D eigenvalue weighted by molar-refractivity contribution is -0.0527. The van der Waals surface area contributed by atoms with Gasteiger partial charge in [0, 0.05) is 19.5 Å². The molecule has 2 bridgehead atoms. The maximum atomic E-state index is 12.4. The van der Waals surface area contributed by atoms with Crippen LogP contribution in [0.25, 0.3) is 0 Å². The van der Waals surface area contributed by atoms with E-state index in [4.69, 9.17) is 4.74 Å². The zero-order valence-corrected chi connectivity index (χ0v) is 14.4. The normalized spacial score (nSPS) is 25.1. The van der Waals surface area contributed by atoms with Crippen molar-refractivity contribution in [2.45, 2.75) is 44.7 Å². The van der Waals surface area contributed by atoms with Crippen molar-refractivity contribution in [3.63, 3.8) is 0 Å². The van der Waals surface area contributed by atoms with Crippen LogP contribution in [0.3, 0.4) is 0 Å². The Morgan fingerprint density at radius 3 is 2.38 bits per heavy atom. The van der Waals surface area contributed by atoms with Crippen molar-refractivity contribution in [3.05, 3.63) is 11.8 Å². The van der Waals surface area contributed by atoms with E-state index in [-0.39, 0.29) is 37.1 Å². The van der Waals surface area contributed by atoms with Crippen LogP contribution in [0.2, 0.25) is 0 Å². The SMILES string of the molecule is CC(C)(C)OC(=O)N1C[C@H]2C=C(OS(=O)(=O)C(F)(F)F)C[C@H](C2)C1. The minimum Gasteiger partial charge on any atom is -0.444 e. The maximum absolute atomic E-state index is 12.4. The van der Waals surface area contributed by atoms with Crippen LogP contribution in [-0.2, 0) is 19.0 Å². The molecule has 0 aromatic heterocycles. The highest BCUT2D eigenvalue weighted by Crippen LogP contribution is 2.37. The number of hydrogen-bond acceptors (Lipinski definition) is 5. The Balaban J connectivity index is 2.06. The number of halogens is 3. The molecule has 10 heteroatoms. The predicted molar refractivity (Wildman–Crippen MR) is 78.2 cm³/mol. The third kappa shape index (κ3) is 4.55. The first kappa shape index (κ1) is 18.9. The lowest BCUT2D eigenvalue weighted by Crippen LogP contribution is -2.47. The molecule has 0 aromatic rings. The third-order valence-corrected chi connectivity index (χ3v) is 4.63. The Morgan fingerprint density at radius 2 is 1.88 bits per heavy atom. The average Bonchev–Trinajstić information content (AvgIpc) is 2.33. The summed E-state index contributed by atoms with van der Waals surface area (Å²) in [7, 11) is -5.66. The molecule has 1 fully saturated rings. The van der Waals surface area contributed by atoms with Gasteiger partial charge in [-0.1, -0.05) is 0 Å². The minimum absolute atomic E-state index is 0.0328. The molecule has 1 aliphatic heterocycles. The van der Waals surface area contributed by atoms with Gasteiger partial charge in [0.05, 0.1) is 0 Å². The number of hydrogen-bond donors (Lipinski definition) is 0. The highest BCUT2D eigenvalue weighted by molar-refractivity contribution is 7.87. The van der Waals surface area contributed by atoms with E-state index in [0.717, 1.165) is 0 Å². The molecule has 2 aliphatic rings. The Kier molecular flexibility index (Phi) is 4.82. The molecule has 2 atom stereocenters. The van der Waals surface area contributed by atoms with Crippen LogP contribution in [0.4, 0.5) is 18.0 Å².